The molecule has 2 N–H and O–H groups in total. The molecule has 1 heterocycles. The molecular formula is C26H37ClFN3O5. The van der Waals surface area contributed by atoms with Crippen molar-refractivity contribution < 1.29 is 23.8 Å². The SMILES string of the molecule is CCC.CCC(OC)c1c(C(=O)NCc2cccc(Cl)c2F)c(=O)c(O)c(C(=O)N(CC)CC)n1C. The summed E-state index contributed by atoms with van der Waals surface area (Å²) in [5.41, 5.74) is -1.33. The lowest BCUT2D eigenvalue weighted by Gasteiger charge is -2.26. The highest BCUT2D eigenvalue weighted by molar-refractivity contribution is 6.30. The molecule has 36 heavy (non-hydrogen) atoms. The number of nitrogens with zero attached hydrogens (tertiary/aromatic N) is 2. The average molecular weight is 526 g/mol. The van der Waals surface area contributed by atoms with E-state index in [0.29, 0.717) is 19.5 Å². The highest BCUT2D eigenvalue weighted by Gasteiger charge is 2.32. The second-order valence-electron chi connectivity index (χ2n) is 8.06. The van der Waals surface area contributed by atoms with E-state index >= 15 is 0 Å². The zero-order valence-corrected chi connectivity index (χ0v) is 22.8. The number of aromatic hydroxyl groups is 1. The number of hydrogen-bond donors (Lipinski definition) is 2. The van der Waals surface area contributed by atoms with E-state index in [1.165, 1.54) is 48.2 Å². The van der Waals surface area contributed by atoms with E-state index in [1.807, 2.05) is 0 Å². The van der Waals surface area contributed by atoms with Crippen LogP contribution < -0.4 is 10.7 Å². The number of nitrogens with one attached hydrogen (secondary N) is 1. The van der Waals surface area contributed by atoms with Crippen LogP contribution in [0.5, 0.6) is 5.75 Å². The summed E-state index contributed by atoms with van der Waals surface area (Å²) in [5, 5.41) is 13.1. The van der Waals surface area contributed by atoms with Crippen LogP contribution in [0.2, 0.25) is 5.02 Å². The fourth-order valence-corrected chi connectivity index (χ4v) is 3.91. The van der Waals surface area contributed by atoms with Crippen LogP contribution in [0.3, 0.4) is 0 Å². The van der Waals surface area contributed by atoms with Crippen molar-refractivity contribution in [3.8, 4) is 5.75 Å². The number of carbonyl (C=O) groups is 2. The van der Waals surface area contributed by atoms with E-state index < -0.39 is 34.9 Å². The number of pyridine rings is 1. The van der Waals surface area contributed by atoms with Gasteiger partial charge in [-0.2, -0.15) is 0 Å². The molecule has 1 aromatic carbocycles. The topological polar surface area (TPSA) is 101 Å². The average Bonchev–Trinajstić information content (AvgIpc) is 2.85. The number of amides is 2. The molecule has 8 nitrogen and oxygen atoms in total. The van der Waals surface area contributed by atoms with Crippen molar-refractivity contribution in [1.29, 1.82) is 0 Å². The number of ether oxygens (including phenoxy) is 1. The zero-order valence-electron chi connectivity index (χ0n) is 22.1. The van der Waals surface area contributed by atoms with Gasteiger partial charge < -0.3 is 24.6 Å². The van der Waals surface area contributed by atoms with Gasteiger partial charge in [0.1, 0.15) is 11.4 Å². The molecular weight excluding hydrogens is 489 g/mol. The van der Waals surface area contributed by atoms with Crippen LogP contribution in [0, 0.1) is 5.82 Å². The minimum atomic E-state index is -1.00. The van der Waals surface area contributed by atoms with Gasteiger partial charge in [0.15, 0.2) is 11.4 Å². The molecule has 1 atom stereocenters. The summed E-state index contributed by atoms with van der Waals surface area (Å²) < 4.78 is 21.0. The van der Waals surface area contributed by atoms with Gasteiger partial charge >= 0.3 is 0 Å². The predicted molar refractivity (Wildman–Crippen MR) is 139 cm³/mol. The van der Waals surface area contributed by atoms with Gasteiger partial charge in [-0.25, -0.2) is 4.39 Å². The predicted octanol–water partition coefficient (Wildman–Crippen LogP) is 4.81. The van der Waals surface area contributed by atoms with Gasteiger partial charge in [-0.15, -0.1) is 0 Å². The van der Waals surface area contributed by atoms with Crippen LogP contribution >= 0.6 is 11.6 Å². The van der Waals surface area contributed by atoms with E-state index in [-0.39, 0.29) is 34.1 Å². The maximum Gasteiger partial charge on any atom is 0.274 e. The van der Waals surface area contributed by atoms with Gasteiger partial charge in [-0.05, 0) is 26.3 Å². The van der Waals surface area contributed by atoms with Crippen LogP contribution in [0.15, 0.2) is 23.0 Å². The van der Waals surface area contributed by atoms with Gasteiger partial charge in [0.25, 0.3) is 11.8 Å². The molecule has 0 radical (unpaired) electrons. The summed E-state index contributed by atoms with van der Waals surface area (Å²) in [6.45, 7) is 10.1. The van der Waals surface area contributed by atoms with E-state index in [9.17, 15) is 23.9 Å². The zero-order chi connectivity index (χ0) is 27.6. The van der Waals surface area contributed by atoms with Crippen molar-refractivity contribution in [2.45, 2.75) is 60.1 Å². The van der Waals surface area contributed by atoms with E-state index in [0.717, 1.165) is 0 Å². The Labute approximate surface area is 217 Å². The Kier molecular flexibility index (Phi) is 12.6. The third kappa shape index (κ3) is 6.85. The molecule has 2 rings (SSSR count). The Morgan fingerprint density at radius 3 is 2.28 bits per heavy atom. The smallest absolute Gasteiger partial charge is 0.274 e. The Balaban J connectivity index is 0.00000205. The van der Waals surface area contributed by atoms with Crippen molar-refractivity contribution >= 4 is 23.4 Å². The number of carbonyl (C=O) groups excluding carboxylic acids is 2. The van der Waals surface area contributed by atoms with Gasteiger partial charge in [-0.1, -0.05) is 50.9 Å². The third-order valence-corrected chi connectivity index (χ3v) is 5.82. The summed E-state index contributed by atoms with van der Waals surface area (Å²) >= 11 is 5.79. The quantitative estimate of drug-likeness (QED) is 0.489. The third-order valence-electron chi connectivity index (χ3n) is 5.53. The maximum atomic E-state index is 14.2. The van der Waals surface area contributed by atoms with Crippen LogP contribution in [-0.4, -0.2) is 46.6 Å². The molecule has 2 aromatic rings. The number of halogens is 2. The Bertz CT molecular complexity index is 1110. The minimum Gasteiger partial charge on any atom is -0.503 e. The van der Waals surface area contributed by atoms with E-state index in [2.05, 4.69) is 19.2 Å². The van der Waals surface area contributed by atoms with Gasteiger partial charge in [0.05, 0.1) is 16.8 Å². The molecule has 0 fully saturated rings. The molecule has 0 spiro atoms. The molecule has 0 aliphatic rings. The lowest BCUT2D eigenvalue weighted by molar-refractivity contribution is 0.0739. The Hall–Kier alpha value is -2.91. The molecule has 0 saturated carbocycles. The standard InChI is InChI=1S/C23H29ClFN3O5.C3H8/c1-6-15(33-5)18-16(22(31)26-12-13-10-9-11-14(24)17(13)25)20(29)21(30)19(27(18)4)23(32)28(7-2)8-3;1-3-2/h9-11,15,30H,6-8,12H2,1-5H3,(H,26,31);3H2,1-2H3. The first-order valence-electron chi connectivity index (χ1n) is 12.0. The van der Waals surface area contributed by atoms with Crippen molar-refractivity contribution in [2.75, 3.05) is 20.2 Å². The molecule has 0 aliphatic heterocycles. The Morgan fingerprint density at radius 2 is 1.78 bits per heavy atom. The Morgan fingerprint density at radius 1 is 1.19 bits per heavy atom. The summed E-state index contributed by atoms with van der Waals surface area (Å²) in [5.74, 6) is -2.89. The van der Waals surface area contributed by atoms with Crippen LogP contribution in [0.4, 0.5) is 4.39 Å². The second kappa shape index (κ2) is 14.6. The summed E-state index contributed by atoms with van der Waals surface area (Å²) in [6.07, 6.45) is 0.923. The van der Waals surface area contributed by atoms with E-state index in [1.54, 1.807) is 20.8 Å². The van der Waals surface area contributed by atoms with E-state index in [4.69, 9.17) is 16.3 Å². The fourth-order valence-electron chi connectivity index (χ4n) is 3.71. The summed E-state index contributed by atoms with van der Waals surface area (Å²) in [4.78, 5) is 40.7. The largest absolute Gasteiger partial charge is 0.503 e. The lowest BCUT2D eigenvalue weighted by Crippen LogP contribution is -2.38. The number of aromatic nitrogens is 1. The van der Waals surface area contributed by atoms with Crippen molar-refractivity contribution in [2.24, 2.45) is 7.05 Å². The first kappa shape index (κ1) is 31.1. The molecule has 0 bridgehead atoms. The summed E-state index contributed by atoms with van der Waals surface area (Å²) in [6, 6.07) is 4.37. The van der Waals surface area contributed by atoms with Gasteiger partial charge in [0, 0.05) is 39.4 Å². The van der Waals surface area contributed by atoms with Crippen molar-refractivity contribution in [3.05, 3.63) is 61.8 Å². The number of hydrogen-bond acceptors (Lipinski definition) is 5. The molecule has 1 aromatic heterocycles. The molecule has 10 heteroatoms. The molecule has 2 amide bonds. The molecule has 200 valence electrons. The van der Waals surface area contributed by atoms with Gasteiger partial charge in [0.2, 0.25) is 5.43 Å². The number of benzene rings is 1. The number of rotatable bonds is 9. The maximum absolute atomic E-state index is 14.2. The molecule has 0 aliphatic carbocycles. The lowest BCUT2D eigenvalue weighted by atomic mass is 10.0. The molecule has 1 unspecified atom stereocenters. The number of methoxy groups -OCH3 is 1. The minimum absolute atomic E-state index is 0.0966. The van der Waals surface area contributed by atoms with Crippen molar-refractivity contribution in [3.63, 3.8) is 0 Å². The summed E-state index contributed by atoms with van der Waals surface area (Å²) in [7, 11) is 2.90. The second-order valence-corrected chi connectivity index (χ2v) is 8.47. The first-order valence-corrected chi connectivity index (χ1v) is 12.4. The normalized spacial score (nSPS) is 11.4. The van der Waals surface area contributed by atoms with Crippen LogP contribution in [0.1, 0.15) is 85.7 Å². The monoisotopic (exact) mass is 525 g/mol. The van der Waals surface area contributed by atoms with Crippen LogP contribution in [-0.2, 0) is 18.3 Å². The molecule has 0 saturated heterocycles. The van der Waals surface area contributed by atoms with Gasteiger partial charge in [-0.3, -0.25) is 14.4 Å². The highest BCUT2D eigenvalue weighted by atomic mass is 35.5. The fraction of sp³-hybridized carbons (Fsp3) is 0.500. The highest BCUT2D eigenvalue weighted by Crippen LogP contribution is 2.27. The van der Waals surface area contributed by atoms with Crippen molar-refractivity contribution in [1.82, 2.24) is 14.8 Å². The van der Waals surface area contributed by atoms with Crippen LogP contribution in [0.25, 0.3) is 0 Å². The first-order chi connectivity index (χ1) is 17.1.